The van der Waals surface area contributed by atoms with Gasteiger partial charge in [-0.2, -0.15) is 0 Å². The molecular formula is C88H79N3. The molecule has 3 fully saturated rings. The van der Waals surface area contributed by atoms with Gasteiger partial charge in [-0.1, -0.05) is 223 Å². The van der Waals surface area contributed by atoms with E-state index >= 15 is 0 Å². The van der Waals surface area contributed by atoms with Crippen LogP contribution in [0.25, 0.3) is 98.0 Å². The van der Waals surface area contributed by atoms with E-state index in [0.717, 1.165) is 19.3 Å². The molecule has 0 aromatic heterocycles. The lowest BCUT2D eigenvalue weighted by Gasteiger charge is -2.50. The monoisotopic (exact) mass is 1180 g/mol. The van der Waals surface area contributed by atoms with E-state index in [1.165, 1.54) is 207 Å². The van der Waals surface area contributed by atoms with Crippen molar-refractivity contribution in [2.75, 3.05) is 14.7 Å². The highest BCUT2D eigenvalue weighted by Gasteiger charge is 2.61. The van der Waals surface area contributed by atoms with Crippen LogP contribution in [-0.4, -0.2) is 16.6 Å². The van der Waals surface area contributed by atoms with Crippen molar-refractivity contribution in [2.45, 2.75) is 151 Å². The molecule has 6 unspecified atom stereocenters. The summed E-state index contributed by atoms with van der Waals surface area (Å²) in [4.78, 5) is 8.34. The third-order valence-electron chi connectivity index (χ3n) is 26.1. The maximum absolute atomic E-state index is 2.78. The summed E-state index contributed by atoms with van der Waals surface area (Å²) < 4.78 is 0. The molecule has 13 aromatic carbocycles. The predicted octanol–water partition coefficient (Wildman–Crippen LogP) is 24.3. The molecule has 6 atom stereocenters. The van der Waals surface area contributed by atoms with Gasteiger partial charge in [-0.15, -0.1) is 0 Å². The fourth-order valence-electron chi connectivity index (χ4n) is 20.7. The molecule has 91 heavy (non-hydrogen) atoms. The molecule has 3 heteroatoms. The molecule has 446 valence electrons. The topological polar surface area (TPSA) is 9.72 Å². The summed E-state index contributed by atoms with van der Waals surface area (Å²) in [6, 6.07) is 88.2. The highest BCUT2D eigenvalue weighted by Crippen LogP contribution is 2.66. The van der Waals surface area contributed by atoms with E-state index < -0.39 is 0 Å². The summed E-state index contributed by atoms with van der Waals surface area (Å²) in [5.41, 5.74) is 20.0. The van der Waals surface area contributed by atoms with Crippen molar-refractivity contribution in [1.82, 2.24) is 0 Å². The molecular weight excluding hydrogens is 1100 g/mol. The molecule has 3 nitrogen and oxygen atoms in total. The molecule has 19 rings (SSSR count). The normalized spacial score (nSPS) is 25.8. The third kappa shape index (κ3) is 6.95. The van der Waals surface area contributed by atoms with Gasteiger partial charge in [0.2, 0.25) is 0 Å². The van der Waals surface area contributed by atoms with Gasteiger partial charge in [0.05, 0.1) is 16.6 Å². The summed E-state index contributed by atoms with van der Waals surface area (Å²) in [7, 11) is 0. The molecule has 0 spiro atoms. The maximum Gasteiger partial charge on any atom is 0.0518 e. The van der Waals surface area contributed by atoms with Crippen LogP contribution in [0.5, 0.6) is 0 Å². The van der Waals surface area contributed by atoms with Gasteiger partial charge in [-0.05, 0) is 219 Å². The van der Waals surface area contributed by atoms with Crippen LogP contribution >= 0.6 is 0 Å². The lowest BCUT2D eigenvalue weighted by molar-refractivity contribution is 0.195. The van der Waals surface area contributed by atoms with E-state index in [1.54, 1.807) is 0 Å². The first-order valence-corrected chi connectivity index (χ1v) is 34.4. The summed E-state index contributed by atoms with van der Waals surface area (Å²) in [6.07, 6.45) is 14.4. The number of rotatable bonds is 6. The largest absolute Gasteiger partial charge is 0.334 e. The SMILES string of the molecule is CC12CCCCC1(C)N(c1cccc3ccccc13)c1ccc(-c3ccc4ccc5c(-c6ccc7c(c6)C6(C)CCCCC6(C)N7c6cccc7ccccc67)cc(-c6ccc7c(c6)C6(C)CCCCC6(C)N7c6cccc7ccccc67)c6ccc3c4c56)cc12. The highest BCUT2D eigenvalue weighted by atomic mass is 15.3. The molecule has 3 aliphatic carbocycles. The second-order valence-corrected chi connectivity index (χ2v) is 30.0. The van der Waals surface area contributed by atoms with Crippen LogP contribution in [0, 0.1) is 0 Å². The first-order chi connectivity index (χ1) is 44.3. The van der Waals surface area contributed by atoms with Gasteiger partial charge in [-0.3, -0.25) is 0 Å². The van der Waals surface area contributed by atoms with Crippen LogP contribution in [0.1, 0.15) is 135 Å². The van der Waals surface area contributed by atoms with E-state index in [9.17, 15) is 0 Å². The number of anilines is 6. The Morgan fingerprint density at radius 2 is 0.571 bits per heavy atom. The van der Waals surface area contributed by atoms with Gasteiger partial charge >= 0.3 is 0 Å². The lowest BCUT2D eigenvalue weighted by atomic mass is 9.61. The smallest absolute Gasteiger partial charge is 0.0518 e. The average Bonchev–Trinajstić information content (AvgIpc) is 1.60. The summed E-state index contributed by atoms with van der Waals surface area (Å²) in [5, 5.41) is 15.9. The van der Waals surface area contributed by atoms with Crippen molar-refractivity contribution >= 4 is 98.8 Å². The third-order valence-corrected chi connectivity index (χ3v) is 26.1. The Hall–Kier alpha value is -8.92. The maximum atomic E-state index is 2.78. The standard InChI is InChI=1S/C88H79N3/c1-83-46-13-16-49-86(83,4)89(75-31-19-25-56-22-7-10-28-64(56)75)78-43-36-60(52-72(78)83)63-39-34-59-35-40-68-70(61-37-44-79-73(53-61)84(2)47-14-17-50-87(84,5)90(79)76-32-20-26-57-23-8-11-29-65(57)76)55-71(69-42-41-67(63)81(59)82(68)69)62-38-45-80-74(54-62)85(3)48-15-18-51-88(85,6)91(80)77-33-21-27-58-24-9-12-30-66(58)77/h7-12,19-45,52-55H,13-18,46-51H2,1-6H3. The highest BCUT2D eigenvalue weighted by molar-refractivity contribution is 6.30. The first kappa shape index (κ1) is 53.9. The fraction of sp³-hybridized carbons (Fsp3) is 0.273. The Balaban J connectivity index is 0.840. The summed E-state index contributed by atoms with van der Waals surface area (Å²) >= 11 is 0. The molecule has 0 amide bonds. The molecule has 0 bridgehead atoms. The Bertz CT molecular complexity index is 5040. The zero-order chi connectivity index (χ0) is 61.0. The molecule has 13 aromatic rings. The minimum Gasteiger partial charge on any atom is -0.334 e. The van der Waals surface area contributed by atoms with E-state index in [-0.39, 0.29) is 32.9 Å². The Labute approximate surface area is 536 Å². The number of nitrogens with zero attached hydrogens (tertiary/aromatic N) is 3. The Morgan fingerprint density at radius 1 is 0.242 bits per heavy atom. The van der Waals surface area contributed by atoms with Crippen molar-refractivity contribution < 1.29 is 0 Å². The second-order valence-electron chi connectivity index (χ2n) is 30.0. The molecule has 3 heterocycles. The lowest BCUT2D eigenvalue weighted by Crippen LogP contribution is -2.54. The van der Waals surface area contributed by atoms with E-state index in [4.69, 9.17) is 0 Å². The molecule has 3 aliphatic heterocycles. The molecule has 3 saturated carbocycles. The molecule has 0 radical (unpaired) electrons. The van der Waals surface area contributed by atoms with Crippen LogP contribution in [0.3, 0.4) is 0 Å². The molecule has 0 N–H and O–H groups in total. The Morgan fingerprint density at radius 3 is 0.978 bits per heavy atom. The van der Waals surface area contributed by atoms with Gasteiger partial charge in [0, 0.05) is 66.5 Å². The van der Waals surface area contributed by atoms with Crippen LogP contribution < -0.4 is 14.7 Å². The Kier molecular flexibility index (Phi) is 11.2. The average molecular weight is 1180 g/mol. The van der Waals surface area contributed by atoms with E-state index in [1.807, 2.05) is 0 Å². The van der Waals surface area contributed by atoms with E-state index in [0.29, 0.717) is 0 Å². The van der Waals surface area contributed by atoms with Gasteiger partial charge in [0.1, 0.15) is 0 Å². The van der Waals surface area contributed by atoms with Crippen molar-refractivity contribution in [3.05, 3.63) is 241 Å². The van der Waals surface area contributed by atoms with Crippen LogP contribution in [0.4, 0.5) is 34.1 Å². The second kappa shape index (κ2) is 18.9. The van der Waals surface area contributed by atoms with Crippen molar-refractivity contribution in [1.29, 1.82) is 0 Å². The van der Waals surface area contributed by atoms with Gasteiger partial charge < -0.3 is 14.7 Å². The van der Waals surface area contributed by atoms with Gasteiger partial charge in [-0.25, -0.2) is 0 Å². The van der Waals surface area contributed by atoms with Crippen molar-refractivity contribution in [2.24, 2.45) is 0 Å². The quantitative estimate of drug-likeness (QED) is 0.154. The van der Waals surface area contributed by atoms with Crippen LogP contribution in [0.2, 0.25) is 0 Å². The van der Waals surface area contributed by atoms with Crippen molar-refractivity contribution in [3.8, 4) is 33.4 Å². The molecule has 6 aliphatic rings. The first-order valence-electron chi connectivity index (χ1n) is 34.4. The fourth-order valence-corrected chi connectivity index (χ4v) is 20.7. The summed E-state index contributed by atoms with van der Waals surface area (Å²) in [6.45, 7) is 15.6. The number of hydrogen-bond donors (Lipinski definition) is 0. The van der Waals surface area contributed by atoms with Crippen LogP contribution in [-0.2, 0) is 16.2 Å². The van der Waals surface area contributed by atoms with Crippen molar-refractivity contribution in [3.63, 3.8) is 0 Å². The zero-order valence-corrected chi connectivity index (χ0v) is 53.7. The summed E-state index contributed by atoms with van der Waals surface area (Å²) in [5.74, 6) is 0. The van der Waals surface area contributed by atoms with Gasteiger partial charge in [0.25, 0.3) is 0 Å². The van der Waals surface area contributed by atoms with Gasteiger partial charge in [0.15, 0.2) is 0 Å². The number of benzene rings is 13. The minimum atomic E-state index is -0.0899. The predicted molar refractivity (Wildman–Crippen MR) is 387 cm³/mol. The number of hydrogen-bond acceptors (Lipinski definition) is 3. The number of fused-ring (bicyclic) bond motifs is 12. The minimum absolute atomic E-state index is 0.0249. The van der Waals surface area contributed by atoms with E-state index in [2.05, 4.69) is 281 Å². The molecule has 0 saturated heterocycles. The van der Waals surface area contributed by atoms with Crippen LogP contribution in [0.15, 0.2) is 224 Å². The zero-order valence-electron chi connectivity index (χ0n) is 53.7.